The third kappa shape index (κ3) is 5.36. The minimum Gasteiger partial charge on any atom is -0.356 e. The van der Waals surface area contributed by atoms with E-state index in [1.54, 1.807) is 27.0 Å². The Balaban J connectivity index is 1.71. The molecule has 0 unspecified atom stereocenters. The number of aryl methyl sites for hydroxylation is 3. The highest BCUT2D eigenvalue weighted by atomic mass is 19.1. The molecule has 1 aromatic heterocycles. The number of halogens is 1. The Bertz CT molecular complexity index is 668. The summed E-state index contributed by atoms with van der Waals surface area (Å²) in [5.41, 5.74) is 1.65. The predicted molar refractivity (Wildman–Crippen MR) is 86.7 cm³/mol. The molecule has 0 saturated heterocycles. The van der Waals surface area contributed by atoms with Crippen LogP contribution in [0.25, 0.3) is 0 Å². The zero-order valence-corrected chi connectivity index (χ0v) is 13.7. The van der Waals surface area contributed by atoms with Crippen LogP contribution in [0, 0.1) is 19.7 Å². The van der Waals surface area contributed by atoms with Crippen molar-refractivity contribution in [1.29, 1.82) is 0 Å². The average Bonchev–Trinajstić information content (AvgIpc) is 2.95. The second kappa shape index (κ2) is 8.26. The summed E-state index contributed by atoms with van der Waals surface area (Å²) < 4.78 is 18.3. The summed E-state index contributed by atoms with van der Waals surface area (Å²) in [6.07, 6.45) is 1.58. The van der Waals surface area contributed by atoms with Gasteiger partial charge in [-0.25, -0.2) is 4.39 Å². The number of benzene rings is 1. The lowest BCUT2D eigenvalue weighted by Crippen LogP contribution is -2.37. The van der Waals surface area contributed by atoms with E-state index in [9.17, 15) is 4.39 Å². The number of rotatable bonds is 6. The van der Waals surface area contributed by atoms with Crippen molar-refractivity contribution in [3.63, 3.8) is 0 Å². The Labute approximate surface area is 135 Å². The van der Waals surface area contributed by atoms with Crippen molar-refractivity contribution >= 4 is 5.96 Å². The number of hydrogen-bond acceptors (Lipinski definition) is 4. The van der Waals surface area contributed by atoms with Crippen molar-refractivity contribution in [2.75, 3.05) is 13.6 Å². The van der Waals surface area contributed by atoms with Gasteiger partial charge < -0.3 is 15.2 Å². The molecule has 0 bridgehead atoms. The van der Waals surface area contributed by atoms with Crippen LogP contribution in [0.4, 0.5) is 4.39 Å². The van der Waals surface area contributed by atoms with Gasteiger partial charge in [0.25, 0.3) is 0 Å². The van der Waals surface area contributed by atoms with Crippen molar-refractivity contribution in [1.82, 2.24) is 20.8 Å². The molecule has 1 aromatic carbocycles. The molecule has 0 saturated carbocycles. The molecule has 2 N–H and O–H groups in total. The second-order valence-electron chi connectivity index (χ2n) is 5.27. The van der Waals surface area contributed by atoms with Crippen LogP contribution in [0.15, 0.2) is 27.7 Å². The van der Waals surface area contributed by atoms with Crippen LogP contribution >= 0.6 is 0 Å². The van der Waals surface area contributed by atoms with Crippen LogP contribution in [-0.4, -0.2) is 29.7 Å². The zero-order valence-electron chi connectivity index (χ0n) is 13.7. The molecule has 0 aliphatic carbocycles. The Morgan fingerprint density at radius 1 is 1.30 bits per heavy atom. The first-order valence-corrected chi connectivity index (χ1v) is 7.57. The Morgan fingerprint density at radius 3 is 2.78 bits per heavy atom. The number of hydrogen-bond donors (Lipinski definition) is 2. The van der Waals surface area contributed by atoms with Gasteiger partial charge in [0, 0.05) is 26.6 Å². The summed E-state index contributed by atoms with van der Waals surface area (Å²) in [6.45, 7) is 4.88. The van der Waals surface area contributed by atoms with Gasteiger partial charge in [0.15, 0.2) is 11.8 Å². The fraction of sp³-hybridized carbons (Fsp3) is 0.438. The molecule has 0 radical (unpaired) electrons. The molecule has 7 heteroatoms. The normalized spacial score (nSPS) is 11.6. The van der Waals surface area contributed by atoms with Crippen molar-refractivity contribution < 1.29 is 8.91 Å². The van der Waals surface area contributed by atoms with Crippen LogP contribution in [0.3, 0.4) is 0 Å². The molecule has 0 fully saturated rings. The van der Waals surface area contributed by atoms with Gasteiger partial charge in [-0.2, -0.15) is 4.98 Å². The standard InChI is InChI=1S/C16H22FN5O/c1-11-9-13(6-7-14(11)17)10-20-16(18-3)19-8-4-5-15-21-12(2)22-23-15/h6-7,9H,4-5,8,10H2,1-3H3,(H2,18,19,20). The van der Waals surface area contributed by atoms with Gasteiger partial charge in [-0.3, -0.25) is 4.99 Å². The van der Waals surface area contributed by atoms with E-state index >= 15 is 0 Å². The number of aromatic nitrogens is 2. The lowest BCUT2D eigenvalue weighted by Gasteiger charge is -2.12. The van der Waals surface area contributed by atoms with E-state index in [-0.39, 0.29) is 5.82 Å². The fourth-order valence-electron chi connectivity index (χ4n) is 2.11. The van der Waals surface area contributed by atoms with Crippen LogP contribution in [0.2, 0.25) is 0 Å². The molecule has 0 spiro atoms. The van der Waals surface area contributed by atoms with Crippen LogP contribution < -0.4 is 10.6 Å². The predicted octanol–water partition coefficient (Wildman–Crippen LogP) is 2.12. The van der Waals surface area contributed by atoms with Gasteiger partial charge in [0.05, 0.1) is 0 Å². The summed E-state index contributed by atoms with van der Waals surface area (Å²) in [7, 11) is 1.71. The van der Waals surface area contributed by atoms with Crippen LogP contribution in [0.1, 0.15) is 29.3 Å². The molecule has 6 nitrogen and oxygen atoms in total. The maximum absolute atomic E-state index is 13.2. The monoisotopic (exact) mass is 319 g/mol. The number of guanidine groups is 1. The first-order valence-electron chi connectivity index (χ1n) is 7.57. The minimum atomic E-state index is -0.187. The molecule has 0 atom stereocenters. The van der Waals surface area contributed by atoms with Crippen molar-refractivity contribution in [3.05, 3.63) is 46.9 Å². The topological polar surface area (TPSA) is 75.3 Å². The lowest BCUT2D eigenvalue weighted by molar-refractivity contribution is 0.372. The quantitative estimate of drug-likeness (QED) is 0.485. The lowest BCUT2D eigenvalue weighted by atomic mass is 10.1. The third-order valence-electron chi connectivity index (χ3n) is 3.34. The molecule has 124 valence electrons. The van der Waals surface area contributed by atoms with Gasteiger partial charge in [-0.1, -0.05) is 17.3 Å². The van der Waals surface area contributed by atoms with Gasteiger partial charge in [-0.15, -0.1) is 0 Å². The molecule has 0 amide bonds. The molecule has 0 aliphatic heterocycles. The Morgan fingerprint density at radius 2 is 2.13 bits per heavy atom. The van der Waals surface area contributed by atoms with Gasteiger partial charge >= 0.3 is 0 Å². The molecule has 2 rings (SSSR count). The molecule has 2 aromatic rings. The highest BCUT2D eigenvalue weighted by Gasteiger charge is 2.04. The van der Waals surface area contributed by atoms with Gasteiger partial charge in [0.1, 0.15) is 5.82 Å². The molecule has 0 aliphatic rings. The van der Waals surface area contributed by atoms with Crippen LogP contribution in [0.5, 0.6) is 0 Å². The average molecular weight is 319 g/mol. The van der Waals surface area contributed by atoms with Crippen molar-refractivity contribution in [3.8, 4) is 0 Å². The zero-order chi connectivity index (χ0) is 16.7. The van der Waals surface area contributed by atoms with Gasteiger partial charge in [0.2, 0.25) is 5.89 Å². The Hall–Kier alpha value is -2.44. The van der Waals surface area contributed by atoms with E-state index < -0.39 is 0 Å². The first kappa shape index (κ1) is 16.9. The number of nitrogens with one attached hydrogen (secondary N) is 2. The first-order chi connectivity index (χ1) is 11.1. The highest BCUT2D eigenvalue weighted by molar-refractivity contribution is 5.79. The summed E-state index contributed by atoms with van der Waals surface area (Å²) in [4.78, 5) is 8.32. The Kier molecular flexibility index (Phi) is 6.08. The largest absolute Gasteiger partial charge is 0.356 e. The molecule has 23 heavy (non-hydrogen) atoms. The smallest absolute Gasteiger partial charge is 0.226 e. The molecule has 1 heterocycles. The number of aliphatic imine (C=N–C) groups is 1. The maximum atomic E-state index is 13.2. The summed E-state index contributed by atoms with van der Waals surface area (Å²) in [6, 6.07) is 5.07. The third-order valence-corrected chi connectivity index (χ3v) is 3.34. The van der Waals surface area contributed by atoms with Crippen molar-refractivity contribution in [2.45, 2.75) is 33.2 Å². The molecular formula is C16H22FN5O. The maximum Gasteiger partial charge on any atom is 0.226 e. The molecular weight excluding hydrogens is 297 g/mol. The van der Waals surface area contributed by atoms with E-state index in [2.05, 4.69) is 25.8 Å². The minimum absolute atomic E-state index is 0.187. The van der Waals surface area contributed by atoms with E-state index in [0.29, 0.717) is 29.8 Å². The SMILES string of the molecule is CN=C(NCCCc1nc(C)no1)NCc1ccc(F)c(C)c1. The summed E-state index contributed by atoms with van der Waals surface area (Å²) >= 11 is 0. The summed E-state index contributed by atoms with van der Waals surface area (Å²) in [5, 5.41) is 10.2. The van der Waals surface area contributed by atoms with E-state index in [0.717, 1.165) is 24.9 Å². The highest BCUT2D eigenvalue weighted by Crippen LogP contribution is 2.08. The second-order valence-corrected chi connectivity index (χ2v) is 5.27. The van der Waals surface area contributed by atoms with Crippen molar-refractivity contribution in [2.24, 2.45) is 4.99 Å². The van der Waals surface area contributed by atoms with Crippen LogP contribution in [-0.2, 0) is 13.0 Å². The van der Waals surface area contributed by atoms with Gasteiger partial charge in [-0.05, 0) is 37.5 Å². The summed E-state index contributed by atoms with van der Waals surface area (Å²) in [5.74, 6) is 1.82. The number of nitrogens with zero attached hydrogens (tertiary/aromatic N) is 3. The van der Waals surface area contributed by atoms with E-state index in [1.807, 2.05) is 6.07 Å². The van der Waals surface area contributed by atoms with E-state index in [1.165, 1.54) is 6.07 Å². The fourth-order valence-corrected chi connectivity index (χ4v) is 2.11. The van der Waals surface area contributed by atoms with E-state index in [4.69, 9.17) is 4.52 Å².